The zero-order valence-electron chi connectivity index (χ0n) is 25.3. The van der Waals surface area contributed by atoms with Crippen LogP contribution in [0.15, 0.2) is 115 Å². The molecule has 0 N–H and O–H groups in total. The third-order valence-electron chi connectivity index (χ3n) is 8.82. The molecule has 6 rings (SSSR count). The lowest BCUT2D eigenvalue weighted by Crippen LogP contribution is -2.62. The molecule has 5 nitrogen and oxygen atoms in total. The molecule has 4 aromatic rings. The Balaban J connectivity index is 1.25. The summed E-state index contributed by atoms with van der Waals surface area (Å²) in [7, 11) is 0. The van der Waals surface area contributed by atoms with Gasteiger partial charge >= 0.3 is 0 Å². The van der Waals surface area contributed by atoms with Crippen molar-refractivity contribution in [3.05, 3.63) is 143 Å². The number of hydrogen-bond acceptors (Lipinski definition) is 5. The molecular weight excluding hydrogens is 553 g/mol. The van der Waals surface area contributed by atoms with E-state index in [-0.39, 0.29) is 36.3 Å². The second-order valence-corrected chi connectivity index (χ2v) is 11.9. The van der Waals surface area contributed by atoms with Gasteiger partial charge in [-0.3, -0.25) is 4.90 Å². The Morgan fingerprint density at radius 3 is 1.82 bits per heavy atom. The third kappa shape index (κ3) is 7.81. The van der Waals surface area contributed by atoms with Crippen molar-refractivity contribution in [1.82, 2.24) is 4.90 Å². The highest BCUT2D eigenvalue weighted by Crippen LogP contribution is 2.39. The first-order valence-electron chi connectivity index (χ1n) is 15.7. The number of nitrogens with zero attached hydrogens (tertiary/aromatic N) is 1. The van der Waals surface area contributed by atoms with Crippen LogP contribution >= 0.6 is 0 Å². The van der Waals surface area contributed by atoms with E-state index in [1.807, 2.05) is 66.7 Å². The molecule has 0 spiro atoms. The summed E-state index contributed by atoms with van der Waals surface area (Å²) in [4.78, 5) is 2.52. The van der Waals surface area contributed by atoms with Crippen molar-refractivity contribution in [1.29, 1.82) is 0 Å². The molecule has 0 amide bonds. The molecule has 6 heteroatoms. The Morgan fingerprint density at radius 2 is 1.23 bits per heavy atom. The summed E-state index contributed by atoms with van der Waals surface area (Å²) in [6.45, 7) is 4.95. The van der Waals surface area contributed by atoms with Gasteiger partial charge in [0.1, 0.15) is 24.1 Å². The van der Waals surface area contributed by atoms with Gasteiger partial charge in [0.05, 0.1) is 38.6 Å². The van der Waals surface area contributed by atoms with Gasteiger partial charge in [0.25, 0.3) is 0 Å². The second kappa shape index (κ2) is 15.1. The molecule has 0 radical (unpaired) electrons. The summed E-state index contributed by atoms with van der Waals surface area (Å²) in [5.41, 5.74) is 4.47. The van der Waals surface area contributed by atoms with Crippen LogP contribution in [0.2, 0.25) is 0 Å². The van der Waals surface area contributed by atoms with Crippen LogP contribution in [-0.2, 0) is 45.2 Å². The quantitative estimate of drug-likeness (QED) is 0.167. The number of halogens is 1. The minimum Gasteiger partial charge on any atom is -0.374 e. The summed E-state index contributed by atoms with van der Waals surface area (Å²) in [6, 6.07) is 37.9. The molecule has 0 aromatic heterocycles. The Morgan fingerprint density at radius 1 is 0.682 bits per heavy atom. The van der Waals surface area contributed by atoms with Gasteiger partial charge in [0.2, 0.25) is 0 Å². The number of benzene rings is 4. The number of likely N-dealkylation sites (tertiary alicyclic amines) is 1. The number of hydrogen-bond donors (Lipinski definition) is 0. The zero-order valence-corrected chi connectivity index (χ0v) is 25.3. The van der Waals surface area contributed by atoms with Gasteiger partial charge < -0.3 is 18.9 Å². The highest BCUT2D eigenvalue weighted by atomic mass is 19.1. The van der Waals surface area contributed by atoms with Crippen molar-refractivity contribution in [3.63, 3.8) is 0 Å². The monoisotopic (exact) mass is 595 g/mol. The minimum atomic E-state index is -0.338. The lowest BCUT2D eigenvalue weighted by atomic mass is 9.92. The summed E-state index contributed by atoms with van der Waals surface area (Å²) < 4.78 is 40.4. The lowest BCUT2D eigenvalue weighted by molar-refractivity contribution is -0.236. The van der Waals surface area contributed by atoms with E-state index in [2.05, 4.69) is 48.2 Å². The Labute approximate surface area is 260 Å². The van der Waals surface area contributed by atoms with Gasteiger partial charge in [0, 0.05) is 12.6 Å². The lowest BCUT2D eigenvalue weighted by Gasteiger charge is -2.47. The molecular formula is C38H42FNO4. The predicted octanol–water partition coefficient (Wildman–Crippen LogP) is 6.99. The smallest absolute Gasteiger partial charge is 0.123 e. The van der Waals surface area contributed by atoms with Crippen LogP contribution in [0.4, 0.5) is 4.39 Å². The largest absolute Gasteiger partial charge is 0.374 e. The fourth-order valence-electron chi connectivity index (χ4n) is 6.57. The molecule has 2 heterocycles. The van der Waals surface area contributed by atoms with Crippen molar-refractivity contribution in [3.8, 4) is 0 Å². The maximum atomic E-state index is 13.6. The van der Waals surface area contributed by atoms with E-state index in [0.29, 0.717) is 32.5 Å². The molecule has 44 heavy (non-hydrogen) atoms. The first-order valence-corrected chi connectivity index (χ1v) is 15.7. The maximum Gasteiger partial charge on any atom is 0.123 e. The molecule has 2 fully saturated rings. The van der Waals surface area contributed by atoms with Crippen molar-refractivity contribution in [2.45, 2.75) is 76.1 Å². The molecule has 2 aliphatic heterocycles. The molecule has 4 aromatic carbocycles. The standard InChI is InChI=1S/C38H42FNO4/c1-28-23-34-36(40(28)22-21-29-17-19-33(39)20-18-29)38(43-26-32-15-9-4-10-16-32)37(42-25-31-13-7-3-8-14-31)35(44-34)27-41-24-30-11-5-2-6-12-30/h2-20,28,34-38H,21-27H2,1H3/t28-,34-,35-,36+,37-,38-/m1/s1. The average Bonchev–Trinajstić information content (AvgIpc) is 3.38. The summed E-state index contributed by atoms with van der Waals surface area (Å²) in [5.74, 6) is -0.211. The van der Waals surface area contributed by atoms with Crippen molar-refractivity contribution < 1.29 is 23.3 Å². The summed E-state index contributed by atoms with van der Waals surface area (Å²) in [6.07, 6.45) is 0.850. The first kappa shape index (κ1) is 30.6. The van der Waals surface area contributed by atoms with Crippen molar-refractivity contribution in [2.24, 2.45) is 0 Å². The Hall–Kier alpha value is -3.39. The third-order valence-corrected chi connectivity index (χ3v) is 8.82. The average molecular weight is 596 g/mol. The van der Waals surface area contributed by atoms with Crippen LogP contribution in [0.25, 0.3) is 0 Å². The van der Waals surface area contributed by atoms with Crippen molar-refractivity contribution >= 4 is 0 Å². The topological polar surface area (TPSA) is 40.2 Å². The van der Waals surface area contributed by atoms with E-state index in [1.54, 1.807) is 0 Å². The minimum absolute atomic E-state index is 0.0131. The molecule has 0 aliphatic carbocycles. The van der Waals surface area contributed by atoms with Crippen molar-refractivity contribution in [2.75, 3.05) is 13.2 Å². The van der Waals surface area contributed by atoms with E-state index in [9.17, 15) is 4.39 Å². The van der Waals surface area contributed by atoms with Gasteiger partial charge in [-0.2, -0.15) is 0 Å². The van der Waals surface area contributed by atoms with E-state index in [1.165, 1.54) is 12.1 Å². The highest BCUT2D eigenvalue weighted by molar-refractivity contribution is 5.18. The molecule has 0 bridgehead atoms. The van der Waals surface area contributed by atoms with E-state index < -0.39 is 0 Å². The van der Waals surface area contributed by atoms with Gasteiger partial charge in [-0.15, -0.1) is 0 Å². The number of fused-ring (bicyclic) bond motifs is 1. The Bertz CT molecular complexity index is 1410. The first-order chi connectivity index (χ1) is 21.6. The molecule has 2 saturated heterocycles. The molecule has 2 aliphatic rings. The van der Waals surface area contributed by atoms with Gasteiger partial charge in [-0.05, 0) is 54.2 Å². The normalized spacial score (nSPS) is 25.1. The van der Waals surface area contributed by atoms with E-state index in [0.717, 1.165) is 41.6 Å². The SMILES string of the molecule is C[C@@H]1C[C@H]2O[C@H](COCc3ccccc3)[C@@H](OCc3ccccc3)[C@H](OCc3ccccc3)[C@H]2N1CCc1ccc(F)cc1. The predicted molar refractivity (Wildman–Crippen MR) is 169 cm³/mol. The van der Waals surface area contributed by atoms with Crippen LogP contribution in [0.5, 0.6) is 0 Å². The second-order valence-electron chi connectivity index (χ2n) is 11.9. The van der Waals surface area contributed by atoms with Crippen LogP contribution in [0, 0.1) is 5.82 Å². The molecule has 230 valence electrons. The van der Waals surface area contributed by atoms with Gasteiger partial charge in [-0.25, -0.2) is 4.39 Å². The summed E-state index contributed by atoms with van der Waals surface area (Å²) >= 11 is 0. The van der Waals surface area contributed by atoms with Crippen LogP contribution in [-0.4, -0.2) is 54.6 Å². The van der Waals surface area contributed by atoms with Gasteiger partial charge in [-0.1, -0.05) is 103 Å². The van der Waals surface area contributed by atoms with Crippen LogP contribution in [0.3, 0.4) is 0 Å². The Kier molecular flexibility index (Phi) is 10.5. The maximum absolute atomic E-state index is 13.6. The van der Waals surface area contributed by atoms with E-state index >= 15 is 0 Å². The molecule has 0 saturated carbocycles. The van der Waals surface area contributed by atoms with E-state index in [4.69, 9.17) is 18.9 Å². The molecule has 0 unspecified atom stereocenters. The highest BCUT2D eigenvalue weighted by Gasteiger charge is 2.54. The number of ether oxygens (including phenoxy) is 4. The fourth-order valence-corrected chi connectivity index (χ4v) is 6.57. The molecule has 6 atom stereocenters. The van der Waals surface area contributed by atoms with Crippen LogP contribution in [0.1, 0.15) is 35.6 Å². The zero-order chi connectivity index (χ0) is 30.1. The number of rotatable bonds is 13. The van der Waals surface area contributed by atoms with Crippen LogP contribution < -0.4 is 0 Å². The fraction of sp³-hybridized carbons (Fsp3) is 0.368. The van der Waals surface area contributed by atoms with Gasteiger partial charge in [0.15, 0.2) is 0 Å². The summed E-state index contributed by atoms with van der Waals surface area (Å²) in [5, 5.41) is 0.